The molecule has 2 rings (SSSR count). The highest BCUT2D eigenvalue weighted by atomic mass is 15.3. The first-order valence-corrected chi connectivity index (χ1v) is 5.76. The van der Waals surface area contributed by atoms with E-state index in [2.05, 4.69) is 20.6 Å². The second kappa shape index (κ2) is 5.50. The van der Waals surface area contributed by atoms with E-state index in [1.54, 1.807) is 12.4 Å². The summed E-state index contributed by atoms with van der Waals surface area (Å²) < 4.78 is 1.97. The van der Waals surface area contributed by atoms with Gasteiger partial charge in [0.2, 0.25) is 0 Å². The van der Waals surface area contributed by atoms with Gasteiger partial charge in [0.25, 0.3) is 0 Å². The highest BCUT2D eigenvalue weighted by molar-refractivity contribution is 5.66. The summed E-state index contributed by atoms with van der Waals surface area (Å²) in [7, 11) is 5.82. The summed E-state index contributed by atoms with van der Waals surface area (Å²) in [6, 6.07) is 0.00141. The first-order chi connectivity index (χ1) is 8.72. The van der Waals surface area contributed by atoms with E-state index in [1.165, 1.54) is 0 Å². The molecule has 0 bridgehead atoms. The summed E-state index contributed by atoms with van der Waals surface area (Å²) in [6.45, 7) is 0. The minimum absolute atomic E-state index is 0.00141. The number of imidazole rings is 1. The van der Waals surface area contributed by atoms with Crippen molar-refractivity contribution in [3.05, 3.63) is 42.6 Å². The predicted molar refractivity (Wildman–Crippen MR) is 71.6 cm³/mol. The fourth-order valence-corrected chi connectivity index (χ4v) is 1.69. The van der Waals surface area contributed by atoms with E-state index < -0.39 is 0 Å². The Balaban J connectivity index is 2.05. The molecule has 2 N–H and O–H groups in total. The molecule has 0 radical (unpaired) electrons. The van der Waals surface area contributed by atoms with E-state index in [0.29, 0.717) is 0 Å². The molecule has 0 saturated heterocycles. The van der Waals surface area contributed by atoms with Gasteiger partial charge in [0.15, 0.2) is 0 Å². The van der Waals surface area contributed by atoms with Crippen molar-refractivity contribution in [2.45, 2.75) is 6.04 Å². The summed E-state index contributed by atoms with van der Waals surface area (Å²) in [5, 5.41) is 6.27. The SMILES string of the molecule is CNC(C=N/C=C1/NC=CN1C)c1nccn1C. The van der Waals surface area contributed by atoms with Crippen molar-refractivity contribution in [1.82, 2.24) is 25.1 Å². The molecular weight excluding hydrogens is 228 g/mol. The van der Waals surface area contributed by atoms with Crippen molar-refractivity contribution in [2.24, 2.45) is 12.0 Å². The van der Waals surface area contributed by atoms with Gasteiger partial charge in [-0.2, -0.15) is 0 Å². The smallest absolute Gasteiger partial charge is 0.131 e. The molecule has 1 unspecified atom stereocenters. The van der Waals surface area contributed by atoms with Crippen LogP contribution in [0.5, 0.6) is 0 Å². The zero-order chi connectivity index (χ0) is 13.0. The molecule has 0 saturated carbocycles. The molecule has 0 fully saturated rings. The average molecular weight is 246 g/mol. The third kappa shape index (κ3) is 2.60. The maximum absolute atomic E-state index is 4.32. The number of aryl methyl sites for hydroxylation is 1. The molecule has 96 valence electrons. The van der Waals surface area contributed by atoms with Crippen LogP contribution in [0.15, 0.2) is 41.8 Å². The van der Waals surface area contributed by atoms with Crippen LogP contribution in [-0.4, -0.2) is 34.8 Å². The lowest BCUT2D eigenvalue weighted by Crippen LogP contribution is -2.21. The van der Waals surface area contributed by atoms with Gasteiger partial charge in [0.05, 0.1) is 6.20 Å². The molecule has 1 atom stereocenters. The molecule has 1 aliphatic rings. The molecule has 0 amide bonds. The zero-order valence-corrected chi connectivity index (χ0v) is 10.8. The van der Waals surface area contributed by atoms with Crippen LogP contribution in [0.2, 0.25) is 0 Å². The minimum Gasteiger partial charge on any atom is -0.345 e. The van der Waals surface area contributed by atoms with Gasteiger partial charge < -0.3 is 20.1 Å². The van der Waals surface area contributed by atoms with Crippen LogP contribution in [0.25, 0.3) is 0 Å². The molecule has 1 aliphatic heterocycles. The van der Waals surface area contributed by atoms with E-state index in [0.717, 1.165) is 11.6 Å². The van der Waals surface area contributed by atoms with Crippen molar-refractivity contribution in [3.63, 3.8) is 0 Å². The van der Waals surface area contributed by atoms with Gasteiger partial charge in [-0.15, -0.1) is 0 Å². The second-order valence-electron chi connectivity index (χ2n) is 4.05. The Morgan fingerprint density at radius 3 is 2.89 bits per heavy atom. The van der Waals surface area contributed by atoms with Crippen LogP contribution in [-0.2, 0) is 7.05 Å². The second-order valence-corrected chi connectivity index (χ2v) is 4.05. The molecule has 6 heteroatoms. The lowest BCUT2D eigenvalue weighted by molar-refractivity contribution is 0.568. The van der Waals surface area contributed by atoms with Gasteiger partial charge in [0.1, 0.15) is 17.7 Å². The van der Waals surface area contributed by atoms with Crippen LogP contribution in [0.3, 0.4) is 0 Å². The Morgan fingerprint density at radius 1 is 1.50 bits per heavy atom. The number of hydrogen-bond donors (Lipinski definition) is 2. The number of rotatable bonds is 4. The molecule has 0 spiro atoms. The highest BCUT2D eigenvalue weighted by Crippen LogP contribution is 2.08. The Kier molecular flexibility index (Phi) is 3.78. The molecule has 2 heterocycles. The molecule has 6 nitrogen and oxygen atoms in total. The van der Waals surface area contributed by atoms with Crippen molar-refractivity contribution >= 4 is 6.21 Å². The third-order valence-corrected chi connectivity index (χ3v) is 2.79. The van der Waals surface area contributed by atoms with Crippen molar-refractivity contribution < 1.29 is 0 Å². The van der Waals surface area contributed by atoms with Gasteiger partial charge in [-0.3, -0.25) is 4.99 Å². The molecule has 1 aromatic rings. The Hall–Kier alpha value is -2.08. The van der Waals surface area contributed by atoms with Crippen LogP contribution in [0, 0.1) is 0 Å². The Labute approximate surface area is 107 Å². The molecule has 0 aliphatic carbocycles. The molecule has 0 aromatic carbocycles. The van der Waals surface area contributed by atoms with E-state index >= 15 is 0 Å². The van der Waals surface area contributed by atoms with Crippen molar-refractivity contribution in [1.29, 1.82) is 0 Å². The van der Waals surface area contributed by atoms with Gasteiger partial charge in [-0.05, 0) is 7.05 Å². The first-order valence-electron chi connectivity index (χ1n) is 5.76. The summed E-state index contributed by atoms with van der Waals surface area (Å²) in [4.78, 5) is 10.6. The number of aromatic nitrogens is 2. The van der Waals surface area contributed by atoms with Crippen LogP contribution in [0.4, 0.5) is 0 Å². The number of nitrogens with zero attached hydrogens (tertiary/aromatic N) is 4. The summed E-state index contributed by atoms with van der Waals surface area (Å²) >= 11 is 0. The van der Waals surface area contributed by atoms with Gasteiger partial charge in [-0.1, -0.05) is 0 Å². The van der Waals surface area contributed by atoms with Gasteiger partial charge in [-0.25, -0.2) is 4.98 Å². The Bertz CT molecular complexity index is 485. The van der Waals surface area contributed by atoms with Crippen molar-refractivity contribution in [3.8, 4) is 0 Å². The lowest BCUT2D eigenvalue weighted by atomic mass is 10.3. The quantitative estimate of drug-likeness (QED) is 0.762. The first kappa shape index (κ1) is 12.4. The largest absolute Gasteiger partial charge is 0.345 e. The van der Waals surface area contributed by atoms with E-state index in [9.17, 15) is 0 Å². The topological polar surface area (TPSA) is 57.5 Å². The summed E-state index contributed by atoms with van der Waals surface area (Å²) in [6.07, 6.45) is 11.1. The maximum atomic E-state index is 4.32. The molecule has 1 aromatic heterocycles. The van der Waals surface area contributed by atoms with Crippen LogP contribution >= 0.6 is 0 Å². The predicted octanol–water partition coefficient (Wildman–Crippen LogP) is 0.556. The van der Waals surface area contributed by atoms with Gasteiger partial charge in [0, 0.05) is 45.1 Å². The number of nitrogens with one attached hydrogen (secondary N) is 2. The third-order valence-electron chi connectivity index (χ3n) is 2.79. The molecular formula is C12H18N6. The standard InChI is InChI=1S/C12H18N6/c1-13-10(12-16-5-7-18(12)3)8-14-9-11-15-4-6-17(11)2/h4-10,13,15H,1-3H3/b11-9-,14-8?. The average Bonchev–Trinajstić information content (AvgIpc) is 2.95. The van der Waals surface area contributed by atoms with Crippen molar-refractivity contribution in [2.75, 3.05) is 14.1 Å². The van der Waals surface area contributed by atoms with Crippen LogP contribution < -0.4 is 10.6 Å². The zero-order valence-electron chi connectivity index (χ0n) is 10.8. The monoisotopic (exact) mass is 246 g/mol. The highest BCUT2D eigenvalue weighted by Gasteiger charge is 2.10. The van der Waals surface area contributed by atoms with E-state index in [4.69, 9.17) is 0 Å². The fraction of sp³-hybridized carbons (Fsp3) is 0.333. The summed E-state index contributed by atoms with van der Waals surface area (Å²) in [5.41, 5.74) is 0. The van der Waals surface area contributed by atoms with Gasteiger partial charge >= 0.3 is 0 Å². The molecule has 18 heavy (non-hydrogen) atoms. The Morgan fingerprint density at radius 2 is 2.33 bits per heavy atom. The van der Waals surface area contributed by atoms with Crippen LogP contribution in [0.1, 0.15) is 11.9 Å². The van der Waals surface area contributed by atoms with E-state index in [1.807, 2.05) is 55.4 Å². The number of hydrogen-bond acceptors (Lipinski definition) is 5. The summed E-state index contributed by atoms with van der Waals surface area (Å²) in [5.74, 6) is 1.88. The lowest BCUT2D eigenvalue weighted by Gasteiger charge is -2.11. The maximum Gasteiger partial charge on any atom is 0.131 e. The normalized spacial score (nSPS) is 18.8. The number of aliphatic imine (C=N–C) groups is 1. The van der Waals surface area contributed by atoms with E-state index in [-0.39, 0.29) is 6.04 Å². The fourth-order valence-electron chi connectivity index (χ4n) is 1.69. The minimum atomic E-state index is 0.00141.